The van der Waals surface area contributed by atoms with Gasteiger partial charge in [-0.3, -0.25) is 4.79 Å². The first kappa shape index (κ1) is 15.9. The van der Waals surface area contributed by atoms with Gasteiger partial charge in [0.15, 0.2) is 0 Å². The lowest BCUT2D eigenvalue weighted by Crippen LogP contribution is -2.18. The number of hydrogen-bond acceptors (Lipinski definition) is 5. The van der Waals surface area contributed by atoms with Crippen molar-refractivity contribution >= 4 is 33.1 Å². The van der Waals surface area contributed by atoms with Crippen LogP contribution in [-0.4, -0.2) is 20.5 Å². The molecule has 0 unspecified atom stereocenters. The van der Waals surface area contributed by atoms with Crippen molar-refractivity contribution in [2.75, 3.05) is 0 Å². The maximum atomic E-state index is 11.9. The largest absolute Gasteiger partial charge is 0.455 e. The Balaban J connectivity index is 1.68. The van der Waals surface area contributed by atoms with Crippen LogP contribution in [0.25, 0.3) is 11.0 Å². The highest BCUT2D eigenvalue weighted by Gasteiger charge is 2.09. The van der Waals surface area contributed by atoms with E-state index in [1.54, 1.807) is 6.07 Å². The zero-order chi connectivity index (χ0) is 17.2. The molecule has 2 aromatic carbocycles. The maximum Gasteiger partial charge on any atom is 0.271 e. The van der Waals surface area contributed by atoms with Crippen LogP contribution < -0.4 is 10.6 Å². The number of nitrogens with one attached hydrogen (secondary N) is 1. The van der Waals surface area contributed by atoms with E-state index in [2.05, 4.69) is 10.5 Å². The minimum atomic E-state index is -3.78. The van der Waals surface area contributed by atoms with Crippen molar-refractivity contribution in [3.05, 3.63) is 65.9 Å². The Morgan fingerprint density at radius 3 is 2.50 bits per heavy atom. The van der Waals surface area contributed by atoms with Crippen molar-refractivity contribution in [3.63, 3.8) is 0 Å². The molecule has 8 heteroatoms. The standard InChI is InChI=1S/C16H13N3O4S/c17-24(21,22)14-7-5-11(6-8-14)16(20)19-18-10-13-9-12-3-1-2-4-15(12)23-13/h1-10H,(H,19,20)(H2,17,21,22). The zero-order valence-corrected chi connectivity index (χ0v) is 13.2. The molecular weight excluding hydrogens is 330 g/mol. The van der Waals surface area contributed by atoms with Gasteiger partial charge in [0.1, 0.15) is 11.3 Å². The van der Waals surface area contributed by atoms with Gasteiger partial charge < -0.3 is 4.42 Å². The Hall–Kier alpha value is -2.97. The van der Waals surface area contributed by atoms with Gasteiger partial charge in [-0.05, 0) is 36.4 Å². The van der Waals surface area contributed by atoms with Gasteiger partial charge in [-0.2, -0.15) is 5.10 Å². The number of furan rings is 1. The van der Waals surface area contributed by atoms with E-state index >= 15 is 0 Å². The fourth-order valence-corrected chi connectivity index (χ4v) is 2.60. The summed E-state index contributed by atoms with van der Waals surface area (Å²) in [4.78, 5) is 11.9. The number of carbonyl (C=O) groups excluding carboxylic acids is 1. The first-order valence-corrected chi connectivity index (χ1v) is 8.43. The molecule has 0 aliphatic carbocycles. The summed E-state index contributed by atoms with van der Waals surface area (Å²) < 4.78 is 27.8. The lowest BCUT2D eigenvalue weighted by Gasteiger charge is -2.01. The van der Waals surface area contributed by atoms with Crippen molar-refractivity contribution in [2.45, 2.75) is 4.90 Å². The van der Waals surface area contributed by atoms with Gasteiger partial charge in [-0.1, -0.05) is 18.2 Å². The number of nitrogens with zero attached hydrogens (tertiary/aromatic N) is 1. The molecule has 3 N–H and O–H groups in total. The average molecular weight is 343 g/mol. The third kappa shape index (κ3) is 3.50. The van der Waals surface area contributed by atoms with Crippen LogP contribution in [0.4, 0.5) is 0 Å². The Morgan fingerprint density at radius 2 is 1.83 bits per heavy atom. The molecule has 0 spiro atoms. The number of fused-ring (bicyclic) bond motifs is 1. The molecule has 0 aliphatic rings. The summed E-state index contributed by atoms with van der Waals surface area (Å²) in [6.45, 7) is 0. The molecule has 3 aromatic rings. The normalized spacial score (nSPS) is 11.9. The van der Waals surface area contributed by atoms with Crippen molar-refractivity contribution in [1.82, 2.24) is 5.43 Å². The van der Waals surface area contributed by atoms with Crippen molar-refractivity contribution in [3.8, 4) is 0 Å². The van der Waals surface area contributed by atoms with Crippen LogP contribution in [0.3, 0.4) is 0 Å². The van der Waals surface area contributed by atoms with Gasteiger partial charge in [0.25, 0.3) is 5.91 Å². The number of carbonyl (C=O) groups is 1. The topological polar surface area (TPSA) is 115 Å². The fraction of sp³-hybridized carbons (Fsp3) is 0. The second-order valence-corrected chi connectivity index (χ2v) is 6.52. The van der Waals surface area contributed by atoms with Gasteiger partial charge in [0.05, 0.1) is 11.1 Å². The van der Waals surface area contributed by atoms with E-state index in [-0.39, 0.29) is 10.5 Å². The van der Waals surface area contributed by atoms with Gasteiger partial charge in [0.2, 0.25) is 10.0 Å². The molecule has 0 aliphatic heterocycles. The number of hydrazone groups is 1. The van der Waals surface area contributed by atoms with Crippen molar-refractivity contribution in [1.29, 1.82) is 0 Å². The lowest BCUT2D eigenvalue weighted by molar-refractivity contribution is 0.0955. The van der Waals surface area contributed by atoms with Crippen LogP contribution in [-0.2, 0) is 10.0 Å². The molecule has 0 radical (unpaired) electrons. The molecular formula is C16H13N3O4S. The molecule has 1 heterocycles. The third-order valence-corrected chi connectivity index (χ3v) is 4.18. The highest BCUT2D eigenvalue weighted by molar-refractivity contribution is 7.89. The summed E-state index contributed by atoms with van der Waals surface area (Å²) in [6, 6.07) is 14.5. The Kier molecular flexibility index (Phi) is 4.15. The van der Waals surface area contributed by atoms with E-state index in [0.29, 0.717) is 5.76 Å². The first-order chi connectivity index (χ1) is 11.4. The smallest absolute Gasteiger partial charge is 0.271 e. The Labute approximate surface area is 137 Å². The average Bonchev–Trinajstić information content (AvgIpc) is 2.96. The number of para-hydroxylation sites is 1. The predicted molar refractivity (Wildman–Crippen MR) is 89.1 cm³/mol. The summed E-state index contributed by atoms with van der Waals surface area (Å²) in [6.07, 6.45) is 1.39. The minimum Gasteiger partial charge on any atom is -0.455 e. The van der Waals surface area contributed by atoms with Crippen molar-refractivity contribution < 1.29 is 17.6 Å². The van der Waals surface area contributed by atoms with E-state index in [4.69, 9.17) is 9.56 Å². The highest BCUT2D eigenvalue weighted by Crippen LogP contribution is 2.17. The van der Waals surface area contributed by atoms with Crippen LogP contribution >= 0.6 is 0 Å². The van der Waals surface area contributed by atoms with Crippen molar-refractivity contribution in [2.24, 2.45) is 10.2 Å². The summed E-state index contributed by atoms with van der Waals surface area (Å²) >= 11 is 0. The van der Waals surface area contributed by atoms with Crippen LogP contribution in [0.2, 0.25) is 0 Å². The van der Waals surface area contributed by atoms with Gasteiger partial charge in [0, 0.05) is 10.9 Å². The molecule has 122 valence electrons. The molecule has 0 fully saturated rings. The summed E-state index contributed by atoms with van der Waals surface area (Å²) in [5, 5.41) is 9.75. The number of primary sulfonamides is 1. The first-order valence-electron chi connectivity index (χ1n) is 6.88. The molecule has 0 atom stereocenters. The number of rotatable bonds is 4. The maximum absolute atomic E-state index is 11.9. The number of sulfonamides is 1. The predicted octanol–water partition coefficient (Wildman–Crippen LogP) is 1.84. The highest BCUT2D eigenvalue weighted by atomic mass is 32.2. The molecule has 24 heavy (non-hydrogen) atoms. The van der Waals surface area contributed by atoms with Crippen LogP contribution in [0.15, 0.2) is 69.0 Å². The molecule has 3 rings (SSSR count). The monoisotopic (exact) mass is 343 g/mol. The van der Waals surface area contributed by atoms with E-state index in [0.717, 1.165) is 11.0 Å². The van der Waals surface area contributed by atoms with Crippen LogP contribution in [0.5, 0.6) is 0 Å². The number of amides is 1. The molecule has 0 bridgehead atoms. The van der Waals surface area contributed by atoms with E-state index < -0.39 is 15.9 Å². The quantitative estimate of drug-likeness (QED) is 0.555. The van der Waals surface area contributed by atoms with Crippen LogP contribution in [0.1, 0.15) is 16.1 Å². The number of benzene rings is 2. The van der Waals surface area contributed by atoms with E-state index in [1.807, 2.05) is 24.3 Å². The molecule has 7 nitrogen and oxygen atoms in total. The molecule has 1 aromatic heterocycles. The number of nitrogens with two attached hydrogens (primary N) is 1. The van der Waals surface area contributed by atoms with E-state index in [9.17, 15) is 13.2 Å². The van der Waals surface area contributed by atoms with Gasteiger partial charge >= 0.3 is 0 Å². The SMILES string of the molecule is NS(=O)(=O)c1ccc(C(=O)NN=Cc2cc3ccccc3o2)cc1. The second-order valence-electron chi connectivity index (χ2n) is 4.96. The fourth-order valence-electron chi connectivity index (χ4n) is 2.08. The minimum absolute atomic E-state index is 0.0650. The van der Waals surface area contributed by atoms with Gasteiger partial charge in [-0.15, -0.1) is 0 Å². The Bertz CT molecular complexity index is 988. The Morgan fingerprint density at radius 1 is 1.12 bits per heavy atom. The molecule has 1 amide bonds. The lowest BCUT2D eigenvalue weighted by atomic mass is 10.2. The summed E-state index contributed by atoms with van der Waals surface area (Å²) in [5.74, 6) is 0.0180. The number of hydrogen-bond donors (Lipinski definition) is 2. The summed E-state index contributed by atoms with van der Waals surface area (Å²) in [7, 11) is -3.78. The molecule has 0 saturated carbocycles. The van der Waals surface area contributed by atoms with Crippen LogP contribution in [0, 0.1) is 0 Å². The van der Waals surface area contributed by atoms with E-state index in [1.165, 1.54) is 30.5 Å². The summed E-state index contributed by atoms with van der Waals surface area (Å²) in [5.41, 5.74) is 3.32. The molecule has 0 saturated heterocycles. The zero-order valence-electron chi connectivity index (χ0n) is 12.3. The second kappa shape index (κ2) is 6.26. The van der Waals surface area contributed by atoms with Gasteiger partial charge in [-0.25, -0.2) is 19.0 Å². The third-order valence-electron chi connectivity index (χ3n) is 3.25.